The van der Waals surface area contributed by atoms with Gasteiger partial charge in [-0.1, -0.05) is 6.07 Å². The van der Waals surface area contributed by atoms with Crippen LogP contribution in [0.1, 0.15) is 25.3 Å². The van der Waals surface area contributed by atoms with Gasteiger partial charge in [-0.25, -0.2) is 0 Å². The quantitative estimate of drug-likeness (QED) is 0.881. The molecule has 19 heavy (non-hydrogen) atoms. The molecule has 0 aliphatic carbocycles. The van der Waals surface area contributed by atoms with Gasteiger partial charge < -0.3 is 10.2 Å². The minimum absolute atomic E-state index is 0.0230. The Balaban J connectivity index is 1.84. The maximum Gasteiger partial charge on any atom is 0.225 e. The van der Waals surface area contributed by atoms with Crippen LogP contribution in [0, 0.1) is 5.92 Å². The van der Waals surface area contributed by atoms with Gasteiger partial charge in [0.25, 0.3) is 0 Å². The fourth-order valence-corrected chi connectivity index (χ4v) is 2.31. The summed E-state index contributed by atoms with van der Waals surface area (Å²) in [5.74, 6) is -0.0196. The molecule has 1 atom stereocenters. The van der Waals surface area contributed by atoms with Crippen molar-refractivity contribution in [3.63, 3.8) is 0 Å². The van der Waals surface area contributed by atoms with Crippen molar-refractivity contribution in [2.75, 3.05) is 13.1 Å². The van der Waals surface area contributed by atoms with E-state index in [1.165, 1.54) is 0 Å². The molecule has 0 bridgehead atoms. The van der Waals surface area contributed by atoms with Gasteiger partial charge in [0.1, 0.15) is 0 Å². The fraction of sp³-hybridized carbons (Fsp3) is 0.500. The van der Waals surface area contributed by atoms with Crippen molar-refractivity contribution in [3.8, 4) is 0 Å². The van der Waals surface area contributed by atoms with Crippen molar-refractivity contribution in [3.05, 3.63) is 30.1 Å². The van der Waals surface area contributed by atoms with Crippen LogP contribution in [0.25, 0.3) is 0 Å². The summed E-state index contributed by atoms with van der Waals surface area (Å²) in [7, 11) is 0. The van der Waals surface area contributed by atoms with Gasteiger partial charge in [-0.2, -0.15) is 0 Å². The summed E-state index contributed by atoms with van der Waals surface area (Å²) in [6.07, 6.45) is 5.19. The maximum absolute atomic E-state index is 12.1. The Morgan fingerprint density at radius 3 is 3.05 bits per heavy atom. The average molecular weight is 261 g/mol. The van der Waals surface area contributed by atoms with E-state index in [4.69, 9.17) is 0 Å². The molecule has 1 unspecified atom stereocenters. The molecule has 0 spiro atoms. The SMILES string of the molecule is CC(=O)N1CCCC(C(=O)NCc2cccnc2)C1. The zero-order valence-corrected chi connectivity index (χ0v) is 11.1. The number of carbonyl (C=O) groups is 2. The van der Waals surface area contributed by atoms with E-state index in [2.05, 4.69) is 10.3 Å². The minimum Gasteiger partial charge on any atom is -0.352 e. The monoisotopic (exact) mass is 261 g/mol. The molecular weight excluding hydrogens is 242 g/mol. The van der Waals surface area contributed by atoms with Crippen molar-refractivity contribution in [1.82, 2.24) is 15.2 Å². The van der Waals surface area contributed by atoms with E-state index in [-0.39, 0.29) is 17.7 Å². The van der Waals surface area contributed by atoms with E-state index in [9.17, 15) is 9.59 Å². The molecule has 0 aromatic carbocycles. The molecule has 1 aliphatic rings. The van der Waals surface area contributed by atoms with Crippen molar-refractivity contribution >= 4 is 11.8 Å². The summed E-state index contributed by atoms with van der Waals surface area (Å²) < 4.78 is 0. The highest BCUT2D eigenvalue weighted by atomic mass is 16.2. The molecule has 1 aromatic rings. The van der Waals surface area contributed by atoms with Crippen LogP contribution in [0.3, 0.4) is 0 Å². The predicted molar refractivity (Wildman–Crippen MR) is 71.1 cm³/mol. The fourth-order valence-electron chi connectivity index (χ4n) is 2.31. The van der Waals surface area contributed by atoms with Crippen LogP contribution in [0.15, 0.2) is 24.5 Å². The Bertz CT molecular complexity index is 447. The molecule has 1 fully saturated rings. The first-order valence-corrected chi connectivity index (χ1v) is 6.59. The predicted octanol–water partition coefficient (Wildman–Crippen LogP) is 0.956. The van der Waals surface area contributed by atoms with Gasteiger partial charge in [0, 0.05) is 39.0 Å². The number of hydrogen-bond acceptors (Lipinski definition) is 3. The molecule has 1 saturated heterocycles. The lowest BCUT2D eigenvalue weighted by molar-refractivity contribution is -0.134. The van der Waals surface area contributed by atoms with Crippen molar-refractivity contribution in [2.24, 2.45) is 5.92 Å². The summed E-state index contributed by atoms with van der Waals surface area (Å²) in [5.41, 5.74) is 0.982. The second kappa shape index (κ2) is 6.31. The first kappa shape index (κ1) is 13.5. The van der Waals surface area contributed by atoms with Crippen LogP contribution >= 0.6 is 0 Å². The third-order valence-electron chi connectivity index (χ3n) is 3.43. The second-order valence-corrected chi connectivity index (χ2v) is 4.88. The third-order valence-corrected chi connectivity index (χ3v) is 3.43. The van der Waals surface area contributed by atoms with Crippen LogP contribution in [-0.4, -0.2) is 34.8 Å². The summed E-state index contributed by atoms with van der Waals surface area (Å²) in [6.45, 7) is 3.34. The number of rotatable bonds is 3. The Morgan fingerprint density at radius 1 is 1.53 bits per heavy atom. The lowest BCUT2D eigenvalue weighted by Gasteiger charge is -2.31. The summed E-state index contributed by atoms with van der Waals surface area (Å²) in [4.78, 5) is 29.2. The Hall–Kier alpha value is -1.91. The topological polar surface area (TPSA) is 62.3 Å². The van der Waals surface area contributed by atoms with Gasteiger partial charge in [0.05, 0.1) is 5.92 Å². The molecule has 1 aromatic heterocycles. The van der Waals surface area contributed by atoms with Gasteiger partial charge in [0.2, 0.25) is 11.8 Å². The number of hydrogen-bond donors (Lipinski definition) is 1. The molecule has 2 rings (SSSR count). The third kappa shape index (κ3) is 3.77. The molecule has 2 heterocycles. The minimum atomic E-state index is -0.0886. The number of amides is 2. The maximum atomic E-state index is 12.1. The van der Waals surface area contributed by atoms with E-state index in [0.717, 1.165) is 24.9 Å². The smallest absolute Gasteiger partial charge is 0.225 e. The average Bonchev–Trinajstić information content (AvgIpc) is 2.46. The standard InChI is InChI=1S/C14H19N3O2/c1-11(18)17-7-3-5-13(10-17)14(19)16-9-12-4-2-6-15-8-12/h2,4,6,8,13H,3,5,7,9-10H2,1H3,(H,16,19). The second-order valence-electron chi connectivity index (χ2n) is 4.88. The highest BCUT2D eigenvalue weighted by Gasteiger charge is 2.26. The number of nitrogens with zero attached hydrogens (tertiary/aromatic N) is 2. The molecule has 5 heteroatoms. The van der Waals surface area contributed by atoms with Crippen molar-refractivity contribution < 1.29 is 9.59 Å². The summed E-state index contributed by atoms with van der Waals surface area (Å²) in [5, 5.41) is 2.91. The number of likely N-dealkylation sites (tertiary alicyclic amines) is 1. The van der Waals surface area contributed by atoms with Crippen LogP contribution in [-0.2, 0) is 16.1 Å². The first-order chi connectivity index (χ1) is 9.16. The van der Waals surface area contributed by atoms with E-state index >= 15 is 0 Å². The highest BCUT2D eigenvalue weighted by molar-refractivity contribution is 5.80. The first-order valence-electron chi connectivity index (χ1n) is 6.59. The highest BCUT2D eigenvalue weighted by Crippen LogP contribution is 2.16. The largest absolute Gasteiger partial charge is 0.352 e. The molecular formula is C14H19N3O2. The number of piperidine rings is 1. The van der Waals surface area contributed by atoms with E-state index < -0.39 is 0 Å². The molecule has 1 aliphatic heterocycles. The number of nitrogens with one attached hydrogen (secondary N) is 1. The number of pyridine rings is 1. The number of carbonyl (C=O) groups excluding carboxylic acids is 2. The van der Waals surface area contributed by atoms with Gasteiger partial charge in [-0.05, 0) is 24.5 Å². The van der Waals surface area contributed by atoms with Crippen LogP contribution in [0.4, 0.5) is 0 Å². The normalized spacial score (nSPS) is 19.0. The van der Waals surface area contributed by atoms with Crippen LogP contribution < -0.4 is 5.32 Å². The van der Waals surface area contributed by atoms with Gasteiger partial charge >= 0.3 is 0 Å². The van der Waals surface area contributed by atoms with Crippen LogP contribution in [0.5, 0.6) is 0 Å². The molecule has 2 amide bonds. The van der Waals surface area contributed by atoms with E-state index in [1.807, 2.05) is 12.1 Å². The zero-order valence-electron chi connectivity index (χ0n) is 11.1. The van der Waals surface area contributed by atoms with Gasteiger partial charge in [0.15, 0.2) is 0 Å². The zero-order chi connectivity index (χ0) is 13.7. The molecule has 5 nitrogen and oxygen atoms in total. The lowest BCUT2D eigenvalue weighted by Crippen LogP contribution is -2.44. The molecule has 1 N–H and O–H groups in total. The Kier molecular flexibility index (Phi) is 4.49. The summed E-state index contributed by atoms with van der Waals surface area (Å²) >= 11 is 0. The lowest BCUT2D eigenvalue weighted by atomic mass is 9.97. The molecule has 102 valence electrons. The molecule has 0 radical (unpaired) electrons. The van der Waals surface area contributed by atoms with Crippen LogP contribution in [0.2, 0.25) is 0 Å². The Labute approximate surface area is 113 Å². The van der Waals surface area contributed by atoms with E-state index in [0.29, 0.717) is 13.1 Å². The summed E-state index contributed by atoms with van der Waals surface area (Å²) in [6, 6.07) is 3.77. The van der Waals surface area contributed by atoms with Gasteiger partial charge in [-0.15, -0.1) is 0 Å². The molecule has 0 saturated carbocycles. The Morgan fingerprint density at radius 2 is 2.37 bits per heavy atom. The van der Waals surface area contributed by atoms with Crippen molar-refractivity contribution in [2.45, 2.75) is 26.3 Å². The van der Waals surface area contributed by atoms with Gasteiger partial charge in [-0.3, -0.25) is 14.6 Å². The van der Waals surface area contributed by atoms with Crippen molar-refractivity contribution in [1.29, 1.82) is 0 Å². The van der Waals surface area contributed by atoms with E-state index in [1.54, 1.807) is 24.2 Å². The number of aromatic nitrogens is 1.